The van der Waals surface area contributed by atoms with Gasteiger partial charge in [0.15, 0.2) is 0 Å². The van der Waals surface area contributed by atoms with E-state index in [1.807, 2.05) is 6.92 Å². The maximum Gasteiger partial charge on any atom is 0.123 e. The number of phenolic OH excluding ortho intramolecular Hbond substituents is 1. The molecule has 0 fully saturated rings. The molecule has 0 spiro atoms. The van der Waals surface area contributed by atoms with Crippen molar-refractivity contribution in [2.75, 3.05) is 0 Å². The van der Waals surface area contributed by atoms with Crippen molar-refractivity contribution < 1.29 is 9.84 Å². The second-order valence-electron chi connectivity index (χ2n) is 3.92. The summed E-state index contributed by atoms with van der Waals surface area (Å²) in [5.74, 6) is 1.04. The minimum atomic E-state index is 0.0382. The van der Waals surface area contributed by atoms with E-state index in [4.69, 9.17) is 15.9 Å². The Bertz CT molecular complexity index is 415. The second kappa shape index (κ2) is 3.46. The van der Waals surface area contributed by atoms with Crippen LogP contribution in [0.3, 0.4) is 0 Å². The first-order valence-electron chi connectivity index (χ1n) is 4.90. The number of nitrogens with two attached hydrogens (primary N) is 1. The van der Waals surface area contributed by atoms with Crippen LogP contribution in [-0.4, -0.2) is 17.0 Å². The molecule has 4 nitrogen and oxygen atoms in total. The average Bonchev–Trinajstić information content (AvgIpc) is 2.44. The number of amidine groups is 1. The summed E-state index contributed by atoms with van der Waals surface area (Å²) in [5.41, 5.74) is 6.97. The Labute approximate surface area is 88.2 Å². The van der Waals surface area contributed by atoms with Crippen LogP contribution in [0.5, 0.6) is 11.5 Å². The molecule has 0 saturated carbocycles. The third-order valence-electron chi connectivity index (χ3n) is 2.48. The lowest BCUT2D eigenvalue weighted by molar-refractivity contribution is 0.254. The number of hydrogen-bond acceptors (Lipinski definition) is 3. The van der Waals surface area contributed by atoms with Crippen molar-refractivity contribution >= 4 is 5.84 Å². The molecule has 0 amide bonds. The van der Waals surface area contributed by atoms with E-state index in [1.54, 1.807) is 12.1 Å². The van der Waals surface area contributed by atoms with E-state index in [0.717, 1.165) is 17.7 Å². The lowest BCUT2D eigenvalue weighted by Gasteiger charge is -2.07. The van der Waals surface area contributed by atoms with Crippen LogP contribution >= 0.6 is 0 Å². The van der Waals surface area contributed by atoms with E-state index >= 15 is 0 Å². The van der Waals surface area contributed by atoms with Gasteiger partial charge in [0.2, 0.25) is 0 Å². The van der Waals surface area contributed by atoms with E-state index in [-0.39, 0.29) is 24.1 Å². The fourth-order valence-corrected chi connectivity index (χ4v) is 1.84. The van der Waals surface area contributed by atoms with E-state index in [1.165, 1.54) is 0 Å². The van der Waals surface area contributed by atoms with Gasteiger partial charge in [-0.3, -0.25) is 5.41 Å². The van der Waals surface area contributed by atoms with Crippen molar-refractivity contribution in [2.24, 2.45) is 5.73 Å². The zero-order valence-electron chi connectivity index (χ0n) is 8.58. The molecule has 0 radical (unpaired) electrons. The van der Waals surface area contributed by atoms with Crippen molar-refractivity contribution in [1.29, 1.82) is 5.41 Å². The van der Waals surface area contributed by atoms with Crippen LogP contribution in [-0.2, 0) is 12.8 Å². The smallest absolute Gasteiger partial charge is 0.123 e. The Morgan fingerprint density at radius 3 is 3.07 bits per heavy atom. The lowest BCUT2D eigenvalue weighted by atomic mass is 10.0. The predicted octanol–water partition coefficient (Wildman–Crippen LogP) is 1.19. The molecule has 80 valence electrons. The van der Waals surface area contributed by atoms with Gasteiger partial charge in [0, 0.05) is 24.0 Å². The molecule has 1 aromatic rings. The fraction of sp³-hybridized carbons (Fsp3) is 0.364. The van der Waals surface area contributed by atoms with Crippen LogP contribution in [0, 0.1) is 5.41 Å². The highest BCUT2D eigenvalue weighted by atomic mass is 16.5. The third-order valence-corrected chi connectivity index (χ3v) is 2.48. The lowest BCUT2D eigenvalue weighted by Crippen LogP contribution is -2.12. The van der Waals surface area contributed by atoms with Gasteiger partial charge in [-0.25, -0.2) is 0 Å². The molecule has 1 atom stereocenters. The van der Waals surface area contributed by atoms with Gasteiger partial charge in [-0.2, -0.15) is 0 Å². The third kappa shape index (κ3) is 1.88. The van der Waals surface area contributed by atoms with E-state index in [0.29, 0.717) is 5.56 Å². The molecular weight excluding hydrogens is 192 g/mol. The first kappa shape index (κ1) is 9.83. The number of phenols is 1. The zero-order valence-corrected chi connectivity index (χ0v) is 8.58. The summed E-state index contributed by atoms with van der Waals surface area (Å²) < 4.78 is 5.56. The Morgan fingerprint density at radius 1 is 1.67 bits per heavy atom. The van der Waals surface area contributed by atoms with Crippen LogP contribution in [0.25, 0.3) is 0 Å². The van der Waals surface area contributed by atoms with E-state index in [2.05, 4.69) is 0 Å². The normalized spacial score (nSPS) is 18.3. The molecule has 1 aliphatic heterocycles. The summed E-state index contributed by atoms with van der Waals surface area (Å²) in [5, 5.41) is 16.9. The van der Waals surface area contributed by atoms with Crippen molar-refractivity contribution in [3.8, 4) is 11.5 Å². The monoisotopic (exact) mass is 206 g/mol. The second-order valence-corrected chi connectivity index (χ2v) is 3.92. The Hall–Kier alpha value is -1.71. The fourth-order valence-electron chi connectivity index (χ4n) is 1.84. The average molecular weight is 206 g/mol. The van der Waals surface area contributed by atoms with Crippen LogP contribution < -0.4 is 10.5 Å². The van der Waals surface area contributed by atoms with Crippen LogP contribution in [0.15, 0.2) is 12.1 Å². The summed E-state index contributed by atoms with van der Waals surface area (Å²) >= 11 is 0. The van der Waals surface area contributed by atoms with E-state index in [9.17, 15) is 5.11 Å². The summed E-state index contributed by atoms with van der Waals surface area (Å²) in [6.07, 6.45) is 1.24. The molecule has 2 rings (SSSR count). The highest BCUT2D eigenvalue weighted by molar-refractivity contribution is 5.80. The molecule has 0 saturated heterocycles. The number of aromatic hydroxyl groups is 1. The highest BCUT2D eigenvalue weighted by Crippen LogP contribution is 2.34. The molecule has 1 aliphatic rings. The highest BCUT2D eigenvalue weighted by Gasteiger charge is 2.21. The van der Waals surface area contributed by atoms with Gasteiger partial charge >= 0.3 is 0 Å². The molecule has 0 bridgehead atoms. The maximum atomic E-state index is 9.70. The predicted molar refractivity (Wildman–Crippen MR) is 57.5 cm³/mol. The quantitative estimate of drug-likeness (QED) is 0.502. The van der Waals surface area contributed by atoms with E-state index < -0.39 is 0 Å². The summed E-state index contributed by atoms with van der Waals surface area (Å²) in [7, 11) is 0. The van der Waals surface area contributed by atoms with Crippen LogP contribution in [0.4, 0.5) is 0 Å². The van der Waals surface area contributed by atoms with Gasteiger partial charge in [0.05, 0.1) is 5.84 Å². The molecule has 0 aromatic heterocycles. The van der Waals surface area contributed by atoms with Gasteiger partial charge in [0.25, 0.3) is 0 Å². The number of fused-ring (bicyclic) bond motifs is 1. The minimum absolute atomic E-state index is 0.0382. The molecule has 15 heavy (non-hydrogen) atoms. The molecule has 4 N–H and O–H groups in total. The Morgan fingerprint density at radius 2 is 2.40 bits per heavy atom. The van der Waals surface area contributed by atoms with Gasteiger partial charge in [0.1, 0.15) is 17.6 Å². The van der Waals surface area contributed by atoms with Gasteiger partial charge in [-0.1, -0.05) is 0 Å². The maximum absolute atomic E-state index is 9.70. The van der Waals surface area contributed by atoms with Gasteiger partial charge in [-0.15, -0.1) is 0 Å². The van der Waals surface area contributed by atoms with Crippen LogP contribution in [0.1, 0.15) is 18.1 Å². The SMILES string of the molecule is CC1Cc2cc(O)c(CC(=N)N)cc2O1. The summed E-state index contributed by atoms with van der Waals surface area (Å²) in [4.78, 5) is 0. The topological polar surface area (TPSA) is 79.3 Å². The van der Waals surface area contributed by atoms with Crippen molar-refractivity contribution in [1.82, 2.24) is 0 Å². The zero-order chi connectivity index (χ0) is 11.0. The standard InChI is InChI=1S/C11H14N2O2/c1-6-2-8-3-9(14)7(5-11(12)13)4-10(8)15-6/h3-4,6,14H,2,5H2,1H3,(H3,12,13). The Balaban J connectivity index is 2.35. The number of benzene rings is 1. The van der Waals surface area contributed by atoms with Gasteiger partial charge < -0.3 is 15.6 Å². The van der Waals surface area contributed by atoms with Crippen LogP contribution in [0.2, 0.25) is 0 Å². The molecule has 1 unspecified atom stereocenters. The first-order chi connectivity index (χ1) is 7.06. The molecule has 0 aliphatic carbocycles. The molecule has 1 heterocycles. The number of nitrogens with one attached hydrogen (secondary N) is 1. The first-order valence-corrected chi connectivity index (χ1v) is 4.90. The summed E-state index contributed by atoms with van der Waals surface area (Å²) in [6.45, 7) is 1.99. The minimum Gasteiger partial charge on any atom is -0.508 e. The number of hydrogen-bond donors (Lipinski definition) is 3. The summed E-state index contributed by atoms with van der Waals surface area (Å²) in [6, 6.07) is 3.48. The largest absolute Gasteiger partial charge is 0.508 e. The van der Waals surface area contributed by atoms with Crippen molar-refractivity contribution in [3.05, 3.63) is 23.3 Å². The van der Waals surface area contributed by atoms with Crippen molar-refractivity contribution in [2.45, 2.75) is 25.9 Å². The van der Waals surface area contributed by atoms with Gasteiger partial charge in [-0.05, 0) is 19.1 Å². The number of rotatable bonds is 2. The molecule has 1 aromatic carbocycles. The van der Waals surface area contributed by atoms with Crippen molar-refractivity contribution in [3.63, 3.8) is 0 Å². The Kier molecular flexibility index (Phi) is 2.26. The number of ether oxygens (including phenoxy) is 1. The molecule has 4 heteroatoms. The molecular formula is C11H14N2O2.